The number of imidazole rings is 1. The molecule has 0 aliphatic heterocycles. The van der Waals surface area contributed by atoms with Crippen molar-refractivity contribution in [3.05, 3.63) is 18.7 Å². The van der Waals surface area contributed by atoms with Crippen LogP contribution in [-0.2, 0) is 0 Å². The average Bonchev–Trinajstić information content (AvgIpc) is 2.89. The predicted molar refractivity (Wildman–Crippen MR) is 61.0 cm³/mol. The van der Waals surface area contributed by atoms with Crippen LogP contribution in [0.5, 0.6) is 0 Å². The second kappa shape index (κ2) is 5.08. The number of hydrogen-bond acceptors (Lipinski definition) is 6. The summed E-state index contributed by atoms with van der Waals surface area (Å²) in [6.07, 6.45) is 0.165. The fourth-order valence-electron chi connectivity index (χ4n) is 1.23. The van der Waals surface area contributed by atoms with Gasteiger partial charge in [-0.25, -0.2) is 4.98 Å². The molecule has 0 aliphatic carbocycles. The van der Waals surface area contributed by atoms with Crippen LogP contribution >= 0.6 is 0 Å². The van der Waals surface area contributed by atoms with E-state index in [1.165, 1.54) is 17.1 Å². The maximum absolute atomic E-state index is 12.1. The first-order valence-corrected chi connectivity index (χ1v) is 5.21. The summed E-state index contributed by atoms with van der Waals surface area (Å²) in [4.78, 5) is 15.5. The fourth-order valence-corrected chi connectivity index (χ4v) is 1.23. The zero-order valence-electron chi connectivity index (χ0n) is 9.81. The Morgan fingerprint density at radius 3 is 2.53 bits per heavy atom. The second-order valence-corrected chi connectivity index (χ2v) is 3.47. The molecule has 0 aliphatic rings. The van der Waals surface area contributed by atoms with E-state index in [1.54, 1.807) is 13.2 Å². The number of aromatic nitrogens is 5. The summed E-state index contributed by atoms with van der Waals surface area (Å²) in [6.45, 7) is -1.22. The minimum Gasteiger partial charge on any atom is -0.357 e. The van der Waals surface area contributed by atoms with Gasteiger partial charge in [0, 0.05) is 19.4 Å². The van der Waals surface area contributed by atoms with E-state index in [-0.39, 0.29) is 17.8 Å². The van der Waals surface area contributed by atoms with Gasteiger partial charge >= 0.3 is 6.18 Å². The zero-order chi connectivity index (χ0) is 13.9. The van der Waals surface area contributed by atoms with Crippen LogP contribution in [-0.4, -0.2) is 44.3 Å². The quantitative estimate of drug-likeness (QED) is 0.867. The highest BCUT2D eigenvalue weighted by atomic mass is 19.4. The monoisotopic (exact) mass is 273 g/mol. The molecule has 0 spiro atoms. The summed E-state index contributed by atoms with van der Waals surface area (Å²) >= 11 is 0. The number of hydrogen-bond donors (Lipinski definition) is 2. The van der Waals surface area contributed by atoms with Crippen LogP contribution in [0.25, 0.3) is 5.95 Å². The molecule has 0 amide bonds. The van der Waals surface area contributed by atoms with Gasteiger partial charge in [0.2, 0.25) is 17.8 Å². The van der Waals surface area contributed by atoms with E-state index in [2.05, 4.69) is 30.6 Å². The molecule has 7 nitrogen and oxygen atoms in total. The Bertz CT molecular complexity index is 537. The Balaban J connectivity index is 2.26. The first-order chi connectivity index (χ1) is 8.98. The van der Waals surface area contributed by atoms with E-state index in [1.807, 2.05) is 0 Å². The molecule has 0 unspecified atom stereocenters. The summed E-state index contributed by atoms with van der Waals surface area (Å²) in [5.41, 5.74) is 0. The standard InChI is InChI=1S/C9H10F3N7/c1-13-6-16-7(15-4-9(10,11)12)18-8(17-6)19-3-2-14-5-19/h2-3,5H,4H2,1H3,(H2,13,15,16,17,18). The molecule has 0 bridgehead atoms. The molecule has 0 saturated carbocycles. The number of nitrogens with one attached hydrogen (secondary N) is 2. The molecule has 2 aromatic rings. The van der Waals surface area contributed by atoms with Crippen LogP contribution in [0, 0.1) is 0 Å². The lowest BCUT2D eigenvalue weighted by atomic mass is 10.6. The van der Waals surface area contributed by atoms with Gasteiger partial charge in [0.1, 0.15) is 12.9 Å². The van der Waals surface area contributed by atoms with E-state index >= 15 is 0 Å². The van der Waals surface area contributed by atoms with Crippen LogP contribution in [0.15, 0.2) is 18.7 Å². The first-order valence-electron chi connectivity index (χ1n) is 5.21. The maximum atomic E-state index is 12.1. The van der Waals surface area contributed by atoms with Crippen molar-refractivity contribution < 1.29 is 13.2 Å². The van der Waals surface area contributed by atoms with E-state index in [9.17, 15) is 13.2 Å². The molecule has 2 heterocycles. The van der Waals surface area contributed by atoms with Crippen LogP contribution in [0.4, 0.5) is 25.1 Å². The lowest BCUT2D eigenvalue weighted by Crippen LogP contribution is -2.23. The third kappa shape index (κ3) is 3.53. The first kappa shape index (κ1) is 13.1. The van der Waals surface area contributed by atoms with Crippen molar-refractivity contribution in [2.24, 2.45) is 0 Å². The third-order valence-corrected chi connectivity index (χ3v) is 2.03. The average molecular weight is 273 g/mol. The minimum atomic E-state index is -4.35. The highest BCUT2D eigenvalue weighted by Gasteiger charge is 2.27. The van der Waals surface area contributed by atoms with Crippen molar-refractivity contribution >= 4 is 11.9 Å². The Hall–Kier alpha value is -2.39. The molecule has 0 atom stereocenters. The van der Waals surface area contributed by atoms with Crippen molar-refractivity contribution in [2.45, 2.75) is 6.18 Å². The van der Waals surface area contributed by atoms with E-state index in [4.69, 9.17) is 0 Å². The highest BCUT2D eigenvalue weighted by Crippen LogP contribution is 2.15. The molecule has 0 radical (unpaired) electrons. The molecule has 0 fully saturated rings. The normalized spacial score (nSPS) is 11.4. The maximum Gasteiger partial charge on any atom is 0.405 e. The molecular formula is C9H10F3N7. The lowest BCUT2D eigenvalue weighted by Gasteiger charge is -2.10. The van der Waals surface area contributed by atoms with Crippen molar-refractivity contribution in [3.8, 4) is 5.95 Å². The fraction of sp³-hybridized carbons (Fsp3) is 0.333. The van der Waals surface area contributed by atoms with Crippen molar-refractivity contribution in [1.29, 1.82) is 0 Å². The molecule has 2 N–H and O–H groups in total. The van der Waals surface area contributed by atoms with Crippen LogP contribution in [0.2, 0.25) is 0 Å². The summed E-state index contributed by atoms with van der Waals surface area (Å²) in [5.74, 6) is 0.158. The number of halogens is 3. The van der Waals surface area contributed by atoms with E-state index in [0.717, 1.165) is 0 Å². The Kier molecular flexibility index (Phi) is 3.49. The van der Waals surface area contributed by atoms with Gasteiger partial charge in [-0.3, -0.25) is 4.57 Å². The third-order valence-electron chi connectivity index (χ3n) is 2.03. The van der Waals surface area contributed by atoms with E-state index < -0.39 is 12.7 Å². The number of alkyl halides is 3. The minimum absolute atomic E-state index is 0.156. The van der Waals surface area contributed by atoms with Gasteiger partial charge in [0.15, 0.2) is 0 Å². The summed E-state index contributed by atoms with van der Waals surface area (Å²) in [7, 11) is 1.56. The van der Waals surface area contributed by atoms with Crippen LogP contribution in [0.3, 0.4) is 0 Å². The number of nitrogens with zero attached hydrogens (tertiary/aromatic N) is 5. The smallest absolute Gasteiger partial charge is 0.357 e. The molecule has 2 aromatic heterocycles. The van der Waals surface area contributed by atoms with Gasteiger partial charge in [-0.2, -0.15) is 28.1 Å². The largest absolute Gasteiger partial charge is 0.405 e. The SMILES string of the molecule is CNc1nc(NCC(F)(F)F)nc(-n2ccnc2)n1. The van der Waals surface area contributed by atoms with Crippen molar-refractivity contribution in [2.75, 3.05) is 24.2 Å². The topological polar surface area (TPSA) is 80.5 Å². The number of rotatable bonds is 4. The highest BCUT2D eigenvalue weighted by molar-refractivity contribution is 5.37. The molecule has 102 valence electrons. The summed E-state index contributed by atoms with van der Waals surface area (Å²) in [6, 6.07) is 0. The Labute approximate surface area is 105 Å². The van der Waals surface area contributed by atoms with Crippen LogP contribution < -0.4 is 10.6 Å². The zero-order valence-corrected chi connectivity index (χ0v) is 9.81. The molecule has 10 heteroatoms. The van der Waals surface area contributed by atoms with Crippen molar-refractivity contribution in [3.63, 3.8) is 0 Å². The molecule has 2 rings (SSSR count). The molecule has 19 heavy (non-hydrogen) atoms. The van der Waals surface area contributed by atoms with Gasteiger partial charge in [0.25, 0.3) is 0 Å². The van der Waals surface area contributed by atoms with Gasteiger partial charge in [-0.05, 0) is 0 Å². The second-order valence-electron chi connectivity index (χ2n) is 3.47. The summed E-state index contributed by atoms with van der Waals surface area (Å²) < 4.78 is 37.9. The summed E-state index contributed by atoms with van der Waals surface area (Å²) in [5, 5.41) is 4.75. The van der Waals surface area contributed by atoms with Gasteiger partial charge < -0.3 is 10.6 Å². The van der Waals surface area contributed by atoms with Gasteiger partial charge in [-0.1, -0.05) is 0 Å². The van der Waals surface area contributed by atoms with Crippen LogP contribution in [0.1, 0.15) is 0 Å². The van der Waals surface area contributed by atoms with Gasteiger partial charge in [-0.15, -0.1) is 0 Å². The van der Waals surface area contributed by atoms with E-state index in [0.29, 0.717) is 0 Å². The predicted octanol–water partition coefficient (Wildman–Crippen LogP) is 1.07. The molecular weight excluding hydrogens is 263 g/mol. The van der Waals surface area contributed by atoms with Gasteiger partial charge in [0.05, 0.1) is 0 Å². The Morgan fingerprint density at radius 1 is 1.21 bits per heavy atom. The van der Waals surface area contributed by atoms with Crippen molar-refractivity contribution in [1.82, 2.24) is 24.5 Å². The molecule has 0 aromatic carbocycles. The Morgan fingerprint density at radius 2 is 1.95 bits per heavy atom. The number of anilines is 2. The lowest BCUT2D eigenvalue weighted by molar-refractivity contribution is -0.115. The molecule has 0 saturated heterocycles.